The second-order valence-corrected chi connectivity index (χ2v) is 8.52. The summed E-state index contributed by atoms with van der Waals surface area (Å²) >= 11 is 0. The Balaban J connectivity index is 1.91. The smallest absolute Gasteiger partial charge is 0.319 e. The number of nitrogens with two attached hydrogens (primary N) is 2. The normalized spacial score (nSPS) is 17.6. The number of benzene rings is 3. The van der Waals surface area contributed by atoms with E-state index in [1.807, 2.05) is 54.6 Å². The van der Waals surface area contributed by atoms with E-state index in [0.29, 0.717) is 29.8 Å². The Bertz CT molecular complexity index is 1230. The first-order valence-corrected chi connectivity index (χ1v) is 11.4. The van der Waals surface area contributed by atoms with Crippen molar-refractivity contribution in [3.8, 4) is 0 Å². The van der Waals surface area contributed by atoms with Gasteiger partial charge in [-0.2, -0.15) is 0 Å². The van der Waals surface area contributed by atoms with Gasteiger partial charge in [0, 0.05) is 13.1 Å². The van der Waals surface area contributed by atoms with Crippen LogP contribution >= 0.6 is 0 Å². The topological polar surface area (TPSA) is 130 Å². The first-order valence-electron chi connectivity index (χ1n) is 11.4. The Morgan fingerprint density at radius 3 is 2.29 bits per heavy atom. The number of rotatable bonds is 7. The van der Waals surface area contributed by atoms with Gasteiger partial charge in [-0.1, -0.05) is 66.7 Å². The van der Waals surface area contributed by atoms with Gasteiger partial charge in [0.25, 0.3) is 5.91 Å². The lowest BCUT2D eigenvalue weighted by Crippen LogP contribution is -2.51. The fraction of sp³-hybridized carbons (Fsp3) is 0.222. The number of hydrogen-bond acceptors (Lipinski definition) is 4. The predicted molar refractivity (Wildman–Crippen MR) is 133 cm³/mol. The molecule has 2 unspecified atom stereocenters. The van der Waals surface area contributed by atoms with Crippen LogP contribution in [0.2, 0.25) is 0 Å². The second kappa shape index (κ2) is 10.4. The summed E-state index contributed by atoms with van der Waals surface area (Å²) < 4.78 is 0. The van der Waals surface area contributed by atoms with Crippen LogP contribution in [0.5, 0.6) is 0 Å². The third-order valence-corrected chi connectivity index (χ3v) is 6.32. The molecular weight excluding hydrogens is 444 g/mol. The molecule has 1 heterocycles. The Morgan fingerprint density at radius 1 is 0.914 bits per heavy atom. The summed E-state index contributed by atoms with van der Waals surface area (Å²) in [5, 5.41) is 9.83. The lowest BCUT2D eigenvalue weighted by Gasteiger charge is -2.39. The van der Waals surface area contributed by atoms with E-state index in [0.717, 1.165) is 11.1 Å². The molecule has 8 heteroatoms. The number of primary amides is 1. The molecule has 5 N–H and O–H groups in total. The van der Waals surface area contributed by atoms with Crippen molar-refractivity contribution in [2.75, 3.05) is 11.4 Å². The van der Waals surface area contributed by atoms with Crippen molar-refractivity contribution >= 4 is 23.6 Å². The molecule has 0 saturated heterocycles. The third kappa shape index (κ3) is 5.02. The SMILES string of the molecule is NCc1cccc(C2C(CC(=O)O)N(C(N)=O)c3ccccc3C(=O)N2CCc2ccccc2)c1. The number of hydrogen-bond donors (Lipinski definition) is 3. The summed E-state index contributed by atoms with van der Waals surface area (Å²) in [6.45, 7) is 0.597. The number of nitrogens with zero attached hydrogens (tertiary/aromatic N) is 2. The molecule has 1 aliphatic heterocycles. The van der Waals surface area contributed by atoms with Crippen LogP contribution in [0.3, 0.4) is 0 Å². The minimum absolute atomic E-state index is 0.280. The fourth-order valence-electron chi connectivity index (χ4n) is 4.78. The minimum atomic E-state index is -1.10. The van der Waals surface area contributed by atoms with E-state index in [1.165, 1.54) is 4.90 Å². The number of aliphatic carboxylic acids is 1. The van der Waals surface area contributed by atoms with Gasteiger partial charge in [0.15, 0.2) is 0 Å². The molecule has 3 aromatic carbocycles. The van der Waals surface area contributed by atoms with Crippen molar-refractivity contribution in [2.24, 2.45) is 11.5 Å². The number of anilines is 1. The molecule has 3 amide bonds. The molecule has 180 valence electrons. The molecule has 35 heavy (non-hydrogen) atoms. The molecule has 8 nitrogen and oxygen atoms in total. The zero-order valence-corrected chi connectivity index (χ0v) is 19.2. The van der Waals surface area contributed by atoms with E-state index in [2.05, 4.69) is 0 Å². The van der Waals surface area contributed by atoms with Crippen LogP contribution in [-0.4, -0.2) is 40.5 Å². The van der Waals surface area contributed by atoms with Gasteiger partial charge < -0.3 is 21.5 Å². The molecule has 2 atom stereocenters. The highest BCUT2D eigenvalue weighted by molar-refractivity contribution is 6.06. The number of carbonyl (C=O) groups is 3. The van der Waals surface area contributed by atoms with Gasteiger partial charge in [-0.15, -0.1) is 0 Å². The quantitative estimate of drug-likeness (QED) is 0.486. The summed E-state index contributed by atoms with van der Waals surface area (Å²) in [7, 11) is 0. The fourth-order valence-corrected chi connectivity index (χ4v) is 4.78. The molecule has 0 spiro atoms. The number of carbonyl (C=O) groups excluding carboxylic acids is 2. The van der Waals surface area contributed by atoms with Crippen molar-refractivity contribution in [3.63, 3.8) is 0 Å². The molecule has 0 saturated carbocycles. The number of urea groups is 1. The summed E-state index contributed by atoms with van der Waals surface area (Å²) in [5.74, 6) is -1.39. The molecule has 0 aromatic heterocycles. The molecule has 0 fully saturated rings. The molecule has 0 aliphatic carbocycles. The van der Waals surface area contributed by atoms with Gasteiger partial charge in [0.2, 0.25) is 0 Å². The first-order chi connectivity index (χ1) is 16.9. The standard InChI is InChI=1S/C27H28N4O4/c28-17-19-9-6-10-20(15-19)25-23(16-24(32)33)31(27(29)35)22-12-5-4-11-21(22)26(34)30(25)14-13-18-7-2-1-3-8-18/h1-12,15,23,25H,13-14,16-17,28H2,(H2,29,35)(H,32,33). The van der Waals surface area contributed by atoms with Gasteiger partial charge in [-0.3, -0.25) is 14.5 Å². The highest BCUT2D eigenvalue weighted by atomic mass is 16.4. The maximum absolute atomic E-state index is 14.0. The van der Waals surface area contributed by atoms with E-state index < -0.39 is 30.5 Å². The maximum atomic E-state index is 14.0. The van der Waals surface area contributed by atoms with Crippen LogP contribution in [0.25, 0.3) is 0 Å². The first kappa shape index (κ1) is 24.0. The summed E-state index contributed by atoms with van der Waals surface area (Å²) in [4.78, 5) is 41.7. The van der Waals surface area contributed by atoms with Crippen molar-refractivity contribution in [2.45, 2.75) is 31.5 Å². The van der Waals surface area contributed by atoms with Crippen LogP contribution in [0.15, 0.2) is 78.9 Å². The second-order valence-electron chi connectivity index (χ2n) is 8.52. The lowest BCUT2D eigenvalue weighted by atomic mass is 9.92. The summed E-state index contributed by atoms with van der Waals surface area (Å²) in [6, 6.07) is 21.3. The maximum Gasteiger partial charge on any atom is 0.319 e. The van der Waals surface area contributed by atoms with Crippen LogP contribution in [0, 0.1) is 0 Å². The highest BCUT2D eigenvalue weighted by Gasteiger charge is 2.43. The van der Waals surface area contributed by atoms with E-state index in [4.69, 9.17) is 11.5 Å². The third-order valence-electron chi connectivity index (χ3n) is 6.32. The Kier molecular flexibility index (Phi) is 7.12. The number of amides is 3. The number of fused-ring (bicyclic) bond motifs is 1. The number of carboxylic acids is 1. The van der Waals surface area contributed by atoms with E-state index in [1.54, 1.807) is 29.2 Å². The number of carboxylic acid groups (broad SMARTS) is 1. The summed E-state index contributed by atoms with van der Waals surface area (Å²) in [5.41, 5.74) is 14.9. The van der Waals surface area contributed by atoms with Gasteiger partial charge in [0.05, 0.1) is 29.8 Å². The van der Waals surface area contributed by atoms with Gasteiger partial charge in [-0.05, 0) is 35.2 Å². The zero-order chi connectivity index (χ0) is 24.9. The van der Waals surface area contributed by atoms with Crippen LogP contribution < -0.4 is 16.4 Å². The van der Waals surface area contributed by atoms with E-state index >= 15 is 0 Å². The average Bonchev–Trinajstić information content (AvgIpc) is 2.95. The van der Waals surface area contributed by atoms with Crippen molar-refractivity contribution in [3.05, 3.63) is 101 Å². The van der Waals surface area contributed by atoms with Crippen molar-refractivity contribution in [1.29, 1.82) is 0 Å². The molecule has 0 bridgehead atoms. The Hall–Kier alpha value is -4.17. The van der Waals surface area contributed by atoms with E-state index in [9.17, 15) is 19.5 Å². The van der Waals surface area contributed by atoms with Crippen LogP contribution in [0.1, 0.15) is 39.5 Å². The number of para-hydroxylation sites is 1. The van der Waals surface area contributed by atoms with Crippen molar-refractivity contribution in [1.82, 2.24) is 4.90 Å². The van der Waals surface area contributed by atoms with Gasteiger partial charge in [0.1, 0.15) is 0 Å². The van der Waals surface area contributed by atoms with Crippen molar-refractivity contribution < 1.29 is 19.5 Å². The average molecular weight is 473 g/mol. The van der Waals surface area contributed by atoms with Crippen LogP contribution in [0.4, 0.5) is 10.5 Å². The molecular formula is C27H28N4O4. The largest absolute Gasteiger partial charge is 0.481 e. The monoisotopic (exact) mass is 472 g/mol. The molecule has 4 rings (SSSR count). The summed E-state index contributed by atoms with van der Waals surface area (Å²) in [6.07, 6.45) is 0.155. The van der Waals surface area contributed by atoms with Gasteiger partial charge in [-0.25, -0.2) is 4.79 Å². The zero-order valence-electron chi connectivity index (χ0n) is 19.2. The van der Waals surface area contributed by atoms with Gasteiger partial charge >= 0.3 is 12.0 Å². The molecule has 3 aromatic rings. The molecule has 1 aliphatic rings. The molecule has 0 radical (unpaired) electrons. The van der Waals surface area contributed by atoms with Crippen LogP contribution in [-0.2, 0) is 17.8 Å². The highest BCUT2D eigenvalue weighted by Crippen LogP contribution is 2.39. The Labute approximate surface area is 203 Å². The minimum Gasteiger partial charge on any atom is -0.481 e. The predicted octanol–water partition coefficient (Wildman–Crippen LogP) is 3.31. The Morgan fingerprint density at radius 2 is 1.60 bits per heavy atom. The lowest BCUT2D eigenvalue weighted by molar-refractivity contribution is -0.137. The van der Waals surface area contributed by atoms with E-state index in [-0.39, 0.29) is 12.5 Å².